The third-order valence-corrected chi connectivity index (χ3v) is 2.45. The molecule has 15 heavy (non-hydrogen) atoms. The lowest BCUT2D eigenvalue weighted by Gasteiger charge is -2.29. The van der Waals surface area contributed by atoms with Crippen LogP contribution in [0.5, 0.6) is 0 Å². The molecule has 0 aliphatic heterocycles. The van der Waals surface area contributed by atoms with Gasteiger partial charge in [-0.2, -0.15) is 5.10 Å². The fourth-order valence-corrected chi connectivity index (χ4v) is 1.46. The normalized spacial score (nSPS) is 14.1. The maximum atomic E-state index is 5.45. The first-order chi connectivity index (χ1) is 7.04. The molecule has 0 saturated heterocycles. The minimum atomic E-state index is 0.162. The molecule has 0 bridgehead atoms. The molecule has 0 aliphatic rings. The Labute approximate surface area is 91.4 Å². The summed E-state index contributed by atoms with van der Waals surface area (Å²) in [5.74, 6) is 0. The van der Waals surface area contributed by atoms with E-state index >= 15 is 0 Å². The van der Waals surface area contributed by atoms with Gasteiger partial charge >= 0.3 is 0 Å². The number of nitrogens with one attached hydrogen (secondary N) is 2. The van der Waals surface area contributed by atoms with Crippen LogP contribution in [0.15, 0.2) is 12.3 Å². The summed E-state index contributed by atoms with van der Waals surface area (Å²) in [5, 5.41) is 10.2. The zero-order chi connectivity index (χ0) is 11.3. The standard InChI is InChI=1S/C11H21N3O/c1-11(2,3)10(15-4)8-12-7-9-5-6-13-14-9/h5-6,10,12H,7-8H2,1-4H3,(H,13,14). The highest BCUT2D eigenvalue weighted by atomic mass is 16.5. The molecule has 2 N–H and O–H groups in total. The molecule has 0 aliphatic carbocycles. The summed E-state index contributed by atoms with van der Waals surface area (Å²) in [7, 11) is 1.76. The van der Waals surface area contributed by atoms with Gasteiger partial charge in [0.1, 0.15) is 0 Å². The van der Waals surface area contributed by atoms with E-state index in [-0.39, 0.29) is 11.5 Å². The van der Waals surface area contributed by atoms with Gasteiger partial charge in [-0.05, 0) is 11.5 Å². The zero-order valence-electron chi connectivity index (χ0n) is 10.0. The second-order valence-electron chi connectivity index (χ2n) is 4.80. The maximum Gasteiger partial charge on any atom is 0.0743 e. The number of nitrogens with zero attached hydrogens (tertiary/aromatic N) is 1. The third kappa shape index (κ3) is 4.01. The van der Waals surface area contributed by atoms with Gasteiger partial charge in [-0.15, -0.1) is 0 Å². The van der Waals surface area contributed by atoms with Crippen molar-refractivity contribution in [3.8, 4) is 0 Å². The largest absolute Gasteiger partial charge is 0.380 e. The van der Waals surface area contributed by atoms with Crippen LogP contribution in [0.3, 0.4) is 0 Å². The Bertz CT molecular complexity index is 264. The number of methoxy groups -OCH3 is 1. The summed E-state index contributed by atoms with van der Waals surface area (Å²) >= 11 is 0. The van der Waals surface area contributed by atoms with Crippen molar-refractivity contribution < 1.29 is 4.74 Å². The lowest BCUT2D eigenvalue weighted by atomic mass is 9.89. The summed E-state index contributed by atoms with van der Waals surface area (Å²) < 4.78 is 5.45. The average molecular weight is 211 g/mol. The zero-order valence-corrected chi connectivity index (χ0v) is 10.0. The number of rotatable bonds is 5. The number of H-pyrrole nitrogens is 1. The van der Waals surface area contributed by atoms with E-state index in [1.165, 1.54) is 0 Å². The van der Waals surface area contributed by atoms with E-state index < -0.39 is 0 Å². The summed E-state index contributed by atoms with van der Waals surface area (Å²) in [6.45, 7) is 8.19. The molecule has 1 aromatic heterocycles. The highest BCUT2D eigenvalue weighted by molar-refractivity contribution is 4.96. The number of hydrogen-bond acceptors (Lipinski definition) is 3. The lowest BCUT2D eigenvalue weighted by Crippen LogP contribution is -2.38. The first-order valence-electron chi connectivity index (χ1n) is 5.26. The van der Waals surface area contributed by atoms with E-state index in [0.29, 0.717) is 0 Å². The molecular formula is C11H21N3O. The van der Waals surface area contributed by atoms with Crippen molar-refractivity contribution in [2.45, 2.75) is 33.4 Å². The molecule has 0 aromatic carbocycles. The molecule has 0 spiro atoms. The molecular weight excluding hydrogens is 190 g/mol. The van der Waals surface area contributed by atoms with Gasteiger partial charge in [-0.25, -0.2) is 0 Å². The van der Waals surface area contributed by atoms with Gasteiger partial charge in [0.25, 0.3) is 0 Å². The van der Waals surface area contributed by atoms with Crippen molar-refractivity contribution >= 4 is 0 Å². The van der Waals surface area contributed by atoms with E-state index in [1.54, 1.807) is 13.3 Å². The number of hydrogen-bond donors (Lipinski definition) is 2. The first kappa shape index (κ1) is 12.2. The van der Waals surface area contributed by atoms with Gasteiger partial charge in [0, 0.05) is 32.1 Å². The van der Waals surface area contributed by atoms with E-state index in [4.69, 9.17) is 4.74 Å². The highest BCUT2D eigenvalue weighted by Crippen LogP contribution is 2.20. The Morgan fingerprint density at radius 3 is 2.73 bits per heavy atom. The molecule has 4 heteroatoms. The summed E-state index contributed by atoms with van der Waals surface area (Å²) in [6, 6.07) is 1.96. The van der Waals surface area contributed by atoms with Gasteiger partial charge in [0.05, 0.1) is 6.10 Å². The molecule has 1 rings (SSSR count). The molecule has 0 amide bonds. The van der Waals surface area contributed by atoms with Gasteiger partial charge in [-0.1, -0.05) is 20.8 Å². The predicted octanol–water partition coefficient (Wildman–Crippen LogP) is 1.56. The molecule has 0 radical (unpaired) electrons. The van der Waals surface area contributed by atoms with Gasteiger partial charge in [0.15, 0.2) is 0 Å². The number of ether oxygens (including phenoxy) is 1. The first-order valence-corrected chi connectivity index (χ1v) is 5.26. The second-order valence-corrected chi connectivity index (χ2v) is 4.80. The van der Waals surface area contributed by atoms with Crippen LogP contribution >= 0.6 is 0 Å². The number of aromatic amines is 1. The van der Waals surface area contributed by atoms with Crippen molar-refractivity contribution in [1.82, 2.24) is 15.5 Å². The quantitative estimate of drug-likeness (QED) is 0.777. The van der Waals surface area contributed by atoms with Crippen LogP contribution < -0.4 is 5.32 Å². The molecule has 0 saturated carbocycles. The molecule has 1 heterocycles. The van der Waals surface area contributed by atoms with Crippen LogP contribution in [0.25, 0.3) is 0 Å². The average Bonchev–Trinajstić information content (AvgIpc) is 2.62. The molecule has 1 atom stereocenters. The molecule has 4 nitrogen and oxygen atoms in total. The minimum absolute atomic E-state index is 0.162. The summed E-state index contributed by atoms with van der Waals surface area (Å²) in [4.78, 5) is 0. The van der Waals surface area contributed by atoms with Gasteiger partial charge < -0.3 is 10.1 Å². The maximum absolute atomic E-state index is 5.45. The van der Waals surface area contributed by atoms with Crippen molar-refractivity contribution in [3.63, 3.8) is 0 Å². The molecule has 0 fully saturated rings. The van der Waals surface area contributed by atoms with Crippen LogP contribution in [0.1, 0.15) is 26.5 Å². The van der Waals surface area contributed by atoms with Crippen molar-refractivity contribution in [1.29, 1.82) is 0 Å². The van der Waals surface area contributed by atoms with Crippen molar-refractivity contribution in [3.05, 3.63) is 18.0 Å². The van der Waals surface area contributed by atoms with E-state index in [9.17, 15) is 0 Å². The summed E-state index contributed by atoms with van der Waals surface area (Å²) in [5.41, 5.74) is 1.26. The van der Waals surface area contributed by atoms with Crippen LogP contribution in [0.2, 0.25) is 0 Å². The van der Waals surface area contributed by atoms with Crippen molar-refractivity contribution in [2.24, 2.45) is 5.41 Å². The van der Waals surface area contributed by atoms with E-state index in [0.717, 1.165) is 18.8 Å². The Morgan fingerprint density at radius 2 is 2.27 bits per heavy atom. The van der Waals surface area contributed by atoms with Crippen LogP contribution in [0, 0.1) is 5.41 Å². The van der Waals surface area contributed by atoms with Crippen LogP contribution in [0.4, 0.5) is 0 Å². The Morgan fingerprint density at radius 1 is 1.53 bits per heavy atom. The van der Waals surface area contributed by atoms with Crippen LogP contribution in [-0.4, -0.2) is 30.0 Å². The summed E-state index contributed by atoms with van der Waals surface area (Å²) in [6.07, 6.45) is 1.98. The topological polar surface area (TPSA) is 49.9 Å². The van der Waals surface area contributed by atoms with Crippen LogP contribution in [-0.2, 0) is 11.3 Å². The molecule has 1 aromatic rings. The minimum Gasteiger partial charge on any atom is -0.380 e. The van der Waals surface area contributed by atoms with Crippen molar-refractivity contribution in [2.75, 3.05) is 13.7 Å². The van der Waals surface area contributed by atoms with Gasteiger partial charge in [-0.3, -0.25) is 5.10 Å². The lowest BCUT2D eigenvalue weighted by molar-refractivity contribution is 0.0173. The second kappa shape index (κ2) is 5.28. The number of aromatic nitrogens is 2. The van der Waals surface area contributed by atoms with E-state index in [1.807, 2.05) is 6.07 Å². The Hall–Kier alpha value is -0.870. The fraction of sp³-hybridized carbons (Fsp3) is 0.727. The SMILES string of the molecule is COC(CNCc1ccn[nH]1)C(C)(C)C. The fourth-order valence-electron chi connectivity index (χ4n) is 1.46. The van der Waals surface area contributed by atoms with Gasteiger partial charge in [0.2, 0.25) is 0 Å². The molecule has 1 unspecified atom stereocenters. The predicted molar refractivity (Wildman–Crippen MR) is 60.5 cm³/mol. The monoisotopic (exact) mass is 211 g/mol. The Kier molecular flexibility index (Phi) is 4.29. The third-order valence-electron chi connectivity index (χ3n) is 2.45. The Balaban J connectivity index is 2.29. The smallest absolute Gasteiger partial charge is 0.0743 e. The van der Waals surface area contributed by atoms with E-state index in [2.05, 4.69) is 36.3 Å². The highest BCUT2D eigenvalue weighted by Gasteiger charge is 2.23. The molecule has 86 valence electrons.